The molecule has 1 fully saturated rings. The van der Waals surface area contributed by atoms with Crippen molar-refractivity contribution in [1.29, 1.82) is 0 Å². The van der Waals surface area contributed by atoms with E-state index in [9.17, 15) is 13.6 Å². The zero-order chi connectivity index (χ0) is 20.9. The molecule has 5 nitrogen and oxygen atoms in total. The van der Waals surface area contributed by atoms with Gasteiger partial charge >= 0.3 is 0 Å². The highest BCUT2D eigenvalue weighted by molar-refractivity contribution is 6.04. The highest BCUT2D eigenvalue weighted by Crippen LogP contribution is 2.23. The van der Waals surface area contributed by atoms with Crippen LogP contribution in [0.15, 0.2) is 54.6 Å². The molecule has 0 unspecified atom stereocenters. The maximum absolute atomic E-state index is 13.8. The molecule has 7 heteroatoms. The number of carbonyl (C=O) groups is 1. The lowest BCUT2D eigenvalue weighted by molar-refractivity contribution is 0.102. The van der Waals surface area contributed by atoms with Gasteiger partial charge in [0.2, 0.25) is 0 Å². The highest BCUT2D eigenvalue weighted by atomic mass is 19.1. The smallest absolute Gasteiger partial charge is 0.258 e. The lowest BCUT2D eigenvalue weighted by atomic mass is 10.1. The van der Waals surface area contributed by atoms with Crippen LogP contribution in [0.1, 0.15) is 36.0 Å². The predicted octanol–water partition coefficient (Wildman–Crippen LogP) is 5.05. The van der Waals surface area contributed by atoms with Gasteiger partial charge in [-0.1, -0.05) is 25.0 Å². The second-order valence-electron chi connectivity index (χ2n) is 7.33. The monoisotopic (exact) mass is 408 g/mol. The normalized spacial score (nSPS) is 14.3. The standard InChI is InChI=1S/C23H22F2N4O/c24-17-7-10-19(20(25)15-17)23(30)26-18-8-5-16(6-9-18)21-11-12-22(28-27-21)29-13-3-1-2-4-14-29/h5-12,15H,1-4,13-14H2,(H,26,30). The average Bonchev–Trinajstić information content (AvgIpc) is 3.04. The number of amides is 1. The van der Waals surface area contributed by atoms with Gasteiger partial charge < -0.3 is 10.2 Å². The number of carbonyl (C=O) groups excluding carboxylic acids is 1. The number of aromatic nitrogens is 2. The Labute approximate surface area is 173 Å². The molecule has 2 heterocycles. The van der Waals surface area contributed by atoms with Crippen LogP contribution in [0.3, 0.4) is 0 Å². The van der Waals surface area contributed by atoms with Gasteiger partial charge in [-0.15, -0.1) is 10.2 Å². The zero-order valence-corrected chi connectivity index (χ0v) is 16.4. The van der Waals surface area contributed by atoms with Gasteiger partial charge in [-0.05, 0) is 49.2 Å². The van der Waals surface area contributed by atoms with Gasteiger partial charge in [0.15, 0.2) is 5.82 Å². The second kappa shape index (κ2) is 8.98. The fourth-order valence-electron chi connectivity index (χ4n) is 3.54. The molecule has 0 aliphatic carbocycles. The number of hydrogen-bond acceptors (Lipinski definition) is 4. The first-order valence-electron chi connectivity index (χ1n) is 10.1. The molecule has 1 aromatic heterocycles. The maximum atomic E-state index is 13.8. The molecule has 1 amide bonds. The molecule has 0 bridgehead atoms. The fraction of sp³-hybridized carbons (Fsp3) is 0.261. The van der Waals surface area contributed by atoms with Crippen molar-refractivity contribution in [3.8, 4) is 11.3 Å². The Hall–Kier alpha value is -3.35. The van der Waals surface area contributed by atoms with Crippen LogP contribution >= 0.6 is 0 Å². The van der Waals surface area contributed by atoms with Crippen LogP contribution in [-0.4, -0.2) is 29.2 Å². The van der Waals surface area contributed by atoms with Crippen molar-refractivity contribution >= 4 is 17.4 Å². The molecule has 1 saturated heterocycles. The molecule has 0 saturated carbocycles. The van der Waals surface area contributed by atoms with E-state index in [0.29, 0.717) is 11.8 Å². The molecule has 0 atom stereocenters. The van der Waals surface area contributed by atoms with Gasteiger partial charge in [0.1, 0.15) is 11.6 Å². The van der Waals surface area contributed by atoms with E-state index < -0.39 is 17.5 Å². The van der Waals surface area contributed by atoms with Crippen LogP contribution in [0.4, 0.5) is 20.3 Å². The van der Waals surface area contributed by atoms with Crippen molar-refractivity contribution in [2.75, 3.05) is 23.3 Å². The van der Waals surface area contributed by atoms with Crippen molar-refractivity contribution in [2.24, 2.45) is 0 Å². The number of nitrogens with one attached hydrogen (secondary N) is 1. The molecule has 2 aromatic carbocycles. The van der Waals surface area contributed by atoms with Gasteiger partial charge in [0, 0.05) is 30.4 Å². The lowest BCUT2D eigenvalue weighted by Gasteiger charge is -2.20. The van der Waals surface area contributed by atoms with Gasteiger partial charge in [-0.25, -0.2) is 8.78 Å². The Morgan fingerprint density at radius 3 is 2.23 bits per heavy atom. The number of benzene rings is 2. The highest BCUT2D eigenvalue weighted by Gasteiger charge is 2.14. The van der Waals surface area contributed by atoms with E-state index in [1.54, 1.807) is 12.1 Å². The summed E-state index contributed by atoms with van der Waals surface area (Å²) in [6.45, 7) is 2.02. The molecule has 0 spiro atoms. The second-order valence-corrected chi connectivity index (χ2v) is 7.33. The fourth-order valence-corrected chi connectivity index (χ4v) is 3.54. The quantitative estimate of drug-likeness (QED) is 0.656. The summed E-state index contributed by atoms with van der Waals surface area (Å²) in [6, 6.07) is 13.8. The van der Waals surface area contributed by atoms with Crippen LogP contribution in [0.2, 0.25) is 0 Å². The van der Waals surface area contributed by atoms with E-state index >= 15 is 0 Å². The molecule has 3 aromatic rings. The summed E-state index contributed by atoms with van der Waals surface area (Å²) in [7, 11) is 0. The van der Waals surface area contributed by atoms with Crippen molar-refractivity contribution < 1.29 is 13.6 Å². The Balaban J connectivity index is 1.43. The summed E-state index contributed by atoms with van der Waals surface area (Å²) in [5.41, 5.74) is 1.88. The molecule has 154 valence electrons. The summed E-state index contributed by atoms with van der Waals surface area (Å²) in [5.74, 6) is -1.37. The summed E-state index contributed by atoms with van der Waals surface area (Å²) in [4.78, 5) is 14.5. The molecule has 1 N–H and O–H groups in total. The number of nitrogens with zero attached hydrogens (tertiary/aromatic N) is 3. The van der Waals surface area contributed by atoms with E-state index in [4.69, 9.17) is 0 Å². The summed E-state index contributed by atoms with van der Waals surface area (Å²) >= 11 is 0. The largest absolute Gasteiger partial charge is 0.355 e. The van der Waals surface area contributed by atoms with E-state index in [1.165, 1.54) is 25.7 Å². The van der Waals surface area contributed by atoms with Crippen molar-refractivity contribution in [2.45, 2.75) is 25.7 Å². The van der Waals surface area contributed by atoms with E-state index in [0.717, 1.165) is 42.3 Å². The van der Waals surface area contributed by atoms with E-state index in [2.05, 4.69) is 20.4 Å². The van der Waals surface area contributed by atoms with Gasteiger partial charge in [0.25, 0.3) is 5.91 Å². The van der Waals surface area contributed by atoms with E-state index in [-0.39, 0.29) is 5.56 Å². The van der Waals surface area contributed by atoms with Gasteiger partial charge in [-0.3, -0.25) is 4.79 Å². The minimum Gasteiger partial charge on any atom is -0.355 e. The number of hydrogen-bond donors (Lipinski definition) is 1. The van der Waals surface area contributed by atoms with Crippen LogP contribution in [0.5, 0.6) is 0 Å². The molecule has 1 aliphatic heterocycles. The third kappa shape index (κ3) is 4.62. The first-order chi connectivity index (χ1) is 14.6. The van der Waals surface area contributed by atoms with Crippen molar-refractivity contribution in [3.05, 3.63) is 71.8 Å². The maximum Gasteiger partial charge on any atom is 0.258 e. The first-order valence-corrected chi connectivity index (χ1v) is 10.1. The minimum atomic E-state index is -0.899. The van der Waals surface area contributed by atoms with Crippen LogP contribution < -0.4 is 10.2 Å². The number of rotatable bonds is 4. The first kappa shape index (κ1) is 19.9. The molecule has 1 aliphatic rings. The van der Waals surface area contributed by atoms with Crippen LogP contribution in [-0.2, 0) is 0 Å². The molecule has 4 rings (SSSR count). The minimum absolute atomic E-state index is 0.213. The average molecular weight is 408 g/mol. The Bertz CT molecular complexity index is 1010. The van der Waals surface area contributed by atoms with Crippen molar-refractivity contribution in [3.63, 3.8) is 0 Å². The topological polar surface area (TPSA) is 58.1 Å². The summed E-state index contributed by atoms with van der Waals surface area (Å²) in [6.07, 6.45) is 4.88. The molecular weight excluding hydrogens is 386 g/mol. The summed E-state index contributed by atoms with van der Waals surface area (Å²) in [5, 5.41) is 11.3. The Morgan fingerprint density at radius 1 is 0.867 bits per heavy atom. The Morgan fingerprint density at radius 2 is 1.60 bits per heavy atom. The van der Waals surface area contributed by atoms with Gasteiger partial charge in [-0.2, -0.15) is 0 Å². The molecule has 30 heavy (non-hydrogen) atoms. The lowest BCUT2D eigenvalue weighted by Crippen LogP contribution is -2.25. The third-order valence-corrected chi connectivity index (χ3v) is 5.19. The van der Waals surface area contributed by atoms with Gasteiger partial charge in [0.05, 0.1) is 11.3 Å². The number of anilines is 2. The van der Waals surface area contributed by atoms with Crippen molar-refractivity contribution in [1.82, 2.24) is 10.2 Å². The summed E-state index contributed by atoms with van der Waals surface area (Å²) < 4.78 is 26.8. The predicted molar refractivity (Wildman–Crippen MR) is 112 cm³/mol. The zero-order valence-electron chi connectivity index (χ0n) is 16.4. The van der Waals surface area contributed by atoms with E-state index in [1.807, 2.05) is 24.3 Å². The molecular formula is C23H22F2N4O. The molecule has 0 radical (unpaired) electrons. The number of halogens is 2. The van der Waals surface area contributed by atoms with Crippen LogP contribution in [0.25, 0.3) is 11.3 Å². The Kier molecular flexibility index (Phi) is 5.97. The van der Waals surface area contributed by atoms with Crippen LogP contribution in [0, 0.1) is 11.6 Å². The third-order valence-electron chi connectivity index (χ3n) is 5.19. The SMILES string of the molecule is O=C(Nc1ccc(-c2ccc(N3CCCCCC3)nn2)cc1)c1ccc(F)cc1F.